The Hall–Kier alpha value is -1.82. The van der Waals surface area contributed by atoms with Crippen molar-refractivity contribution >= 4 is 9.84 Å². The maximum absolute atomic E-state index is 12.3. The van der Waals surface area contributed by atoms with Crippen LogP contribution in [0.15, 0.2) is 41.9 Å². The molecule has 0 saturated carbocycles. The van der Waals surface area contributed by atoms with Gasteiger partial charge >= 0.3 is 0 Å². The normalized spacial score (nSPS) is 11.5. The highest BCUT2D eigenvalue weighted by molar-refractivity contribution is 7.91. The number of nitrogens with zero attached hydrogens (tertiary/aromatic N) is 3. The molecule has 0 fully saturated rings. The van der Waals surface area contributed by atoms with E-state index in [-0.39, 0.29) is 10.9 Å². The lowest BCUT2D eigenvalue weighted by Crippen LogP contribution is -2.11. The van der Waals surface area contributed by atoms with Crippen molar-refractivity contribution in [3.8, 4) is 11.3 Å². The van der Waals surface area contributed by atoms with E-state index in [1.165, 1.54) is 6.20 Å². The Kier molecular flexibility index (Phi) is 6.00. The number of aromatic nitrogens is 3. The van der Waals surface area contributed by atoms with E-state index in [1.54, 1.807) is 24.5 Å². The lowest BCUT2D eigenvalue weighted by molar-refractivity contribution is 0.578. The van der Waals surface area contributed by atoms with E-state index in [4.69, 9.17) is 0 Å². The first-order valence-electron chi connectivity index (χ1n) is 7.59. The molecule has 0 aliphatic rings. The van der Waals surface area contributed by atoms with Crippen LogP contribution < -0.4 is 0 Å². The van der Waals surface area contributed by atoms with Crippen LogP contribution in [0.5, 0.6) is 0 Å². The Morgan fingerprint density at radius 1 is 1.05 bits per heavy atom. The van der Waals surface area contributed by atoms with Crippen LogP contribution in [-0.2, 0) is 9.84 Å². The van der Waals surface area contributed by atoms with Gasteiger partial charge in [-0.15, -0.1) is 0 Å². The molecule has 2 rings (SSSR count). The lowest BCUT2D eigenvalue weighted by atomic mass is 10.2. The van der Waals surface area contributed by atoms with E-state index in [0.29, 0.717) is 12.1 Å². The molecule has 2 aromatic heterocycles. The molecule has 0 radical (unpaired) electrons. The van der Waals surface area contributed by atoms with E-state index in [2.05, 4.69) is 21.9 Å². The average molecular weight is 319 g/mol. The van der Waals surface area contributed by atoms with Crippen molar-refractivity contribution in [2.45, 2.75) is 44.2 Å². The summed E-state index contributed by atoms with van der Waals surface area (Å²) in [7, 11) is -3.42. The van der Waals surface area contributed by atoms with Gasteiger partial charge in [0.15, 0.2) is 0 Å². The Balaban J connectivity index is 2.08. The second kappa shape index (κ2) is 7.98. The predicted molar refractivity (Wildman–Crippen MR) is 86.1 cm³/mol. The summed E-state index contributed by atoms with van der Waals surface area (Å²) in [5.41, 5.74) is 1.36. The van der Waals surface area contributed by atoms with Crippen LogP contribution in [0, 0.1) is 0 Å². The molecule has 22 heavy (non-hydrogen) atoms. The zero-order chi connectivity index (χ0) is 15.8. The van der Waals surface area contributed by atoms with Gasteiger partial charge in [-0.1, -0.05) is 32.6 Å². The topological polar surface area (TPSA) is 72.8 Å². The number of hydrogen-bond acceptors (Lipinski definition) is 5. The summed E-state index contributed by atoms with van der Waals surface area (Å²) in [5.74, 6) is 0.104. The zero-order valence-corrected chi connectivity index (χ0v) is 13.6. The second-order valence-electron chi connectivity index (χ2n) is 5.20. The van der Waals surface area contributed by atoms with Crippen molar-refractivity contribution in [3.63, 3.8) is 0 Å². The summed E-state index contributed by atoms with van der Waals surface area (Å²) < 4.78 is 24.6. The molecule has 0 N–H and O–H groups in total. The Morgan fingerprint density at radius 3 is 2.59 bits per heavy atom. The van der Waals surface area contributed by atoms with Crippen LogP contribution in [0.25, 0.3) is 11.3 Å². The maximum Gasteiger partial charge on any atom is 0.247 e. The van der Waals surface area contributed by atoms with Crippen molar-refractivity contribution in [2.24, 2.45) is 0 Å². The number of unbranched alkanes of at least 4 members (excludes halogenated alkanes) is 4. The molecule has 6 heteroatoms. The number of sulfone groups is 1. The third-order valence-corrected chi connectivity index (χ3v) is 4.96. The molecule has 0 atom stereocenters. The minimum Gasteiger partial charge on any atom is -0.264 e. The van der Waals surface area contributed by atoms with E-state index >= 15 is 0 Å². The van der Waals surface area contributed by atoms with Crippen molar-refractivity contribution in [1.29, 1.82) is 0 Å². The molecule has 0 amide bonds. The van der Waals surface area contributed by atoms with Crippen LogP contribution >= 0.6 is 0 Å². The Labute approximate surface area is 131 Å². The first-order valence-corrected chi connectivity index (χ1v) is 9.25. The standard InChI is InChI=1S/C16H21N3O2S/c1-2-3-4-5-6-12-22(20,21)16-18-11-9-15(19-16)14-8-7-10-17-13-14/h7-11,13H,2-6,12H2,1H3. The highest BCUT2D eigenvalue weighted by atomic mass is 32.2. The van der Waals surface area contributed by atoms with Crippen LogP contribution in [0.2, 0.25) is 0 Å². The first-order chi connectivity index (χ1) is 10.6. The maximum atomic E-state index is 12.3. The number of hydrogen-bond donors (Lipinski definition) is 0. The molecule has 0 aromatic carbocycles. The molecule has 2 heterocycles. The van der Waals surface area contributed by atoms with E-state index in [1.807, 2.05) is 6.07 Å². The number of rotatable bonds is 8. The molecule has 0 spiro atoms. The van der Waals surface area contributed by atoms with Gasteiger partial charge < -0.3 is 0 Å². The van der Waals surface area contributed by atoms with E-state index in [9.17, 15) is 8.42 Å². The Morgan fingerprint density at radius 2 is 1.86 bits per heavy atom. The van der Waals surface area contributed by atoms with Crippen molar-refractivity contribution in [1.82, 2.24) is 15.0 Å². The summed E-state index contributed by atoms with van der Waals surface area (Å²) in [5, 5.41) is -0.0932. The largest absolute Gasteiger partial charge is 0.264 e. The van der Waals surface area contributed by atoms with Gasteiger partial charge in [-0.3, -0.25) is 4.98 Å². The molecule has 0 aliphatic carbocycles. The smallest absolute Gasteiger partial charge is 0.247 e. The molecule has 5 nitrogen and oxygen atoms in total. The first kappa shape index (κ1) is 16.5. The van der Waals surface area contributed by atoms with Crippen LogP contribution in [0.1, 0.15) is 39.0 Å². The predicted octanol–water partition coefficient (Wildman–Crippen LogP) is 3.28. The second-order valence-corrected chi connectivity index (χ2v) is 7.20. The quantitative estimate of drug-likeness (QED) is 0.551. The van der Waals surface area contributed by atoms with Gasteiger partial charge in [0.05, 0.1) is 11.4 Å². The lowest BCUT2D eigenvalue weighted by Gasteiger charge is -2.05. The highest BCUT2D eigenvalue weighted by Gasteiger charge is 2.18. The molecular weight excluding hydrogens is 298 g/mol. The van der Waals surface area contributed by atoms with E-state index in [0.717, 1.165) is 31.2 Å². The Bertz CT molecular complexity index is 688. The van der Waals surface area contributed by atoms with Crippen molar-refractivity contribution in [2.75, 3.05) is 5.75 Å². The monoisotopic (exact) mass is 319 g/mol. The fraction of sp³-hybridized carbons (Fsp3) is 0.438. The molecular formula is C16H21N3O2S. The zero-order valence-electron chi connectivity index (χ0n) is 12.8. The summed E-state index contributed by atoms with van der Waals surface area (Å²) in [6.45, 7) is 2.13. The van der Waals surface area contributed by atoms with Gasteiger partial charge in [-0.2, -0.15) is 0 Å². The molecule has 0 saturated heterocycles. The molecule has 0 unspecified atom stereocenters. The summed E-state index contributed by atoms with van der Waals surface area (Å²) in [4.78, 5) is 12.1. The fourth-order valence-electron chi connectivity index (χ4n) is 2.15. The van der Waals surface area contributed by atoms with Gasteiger partial charge in [0, 0.05) is 24.2 Å². The van der Waals surface area contributed by atoms with Crippen molar-refractivity contribution < 1.29 is 8.42 Å². The number of pyridine rings is 1. The van der Waals surface area contributed by atoms with Gasteiger partial charge in [-0.25, -0.2) is 18.4 Å². The third kappa shape index (κ3) is 4.59. The molecule has 0 aliphatic heterocycles. The summed E-state index contributed by atoms with van der Waals surface area (Å²) >= 11 is 0. The van der Waals surface area contributed by atoms with Gasteiger partial charge in [-0.05, 0) is 24.6 Å². The van der Waals surface area contributed by atoms with Crippen molar-refractivity contribution in [3.05, 3.63) is 36.8 Å². The van der Waals surface area contributed by atoms with Crippen LogP contribution in [0.3, 0.4) is 0 Å². The molecule has 2 aromatic rings. The summed E-state index contributed by atoms with van der Waals surface area (Å²) in [6.07, 6.45) is 9.75. The molecule has 118 valence electrons. The SMILES string of the molecule is CCCCCCCS(=O)(=O)c1nccc(-c2cccnc2)n1. The average Bonchev–Trinajstić information content (AvgIpc) is 2.55. The molecule has 0 bridgehead atoms. The van der Waals surface area contributed by atoms with Gasteiger partial charge in [0.2, 0.25) is 15.0 Å². The van der Waals surface area contributed by atoms with Crippen LogP contribution in [-0.4, -0.2) is 29.1 Å². The minimum atomic E-state index is -3.42. The van der Waals surface area contributed by atoms with Gasteiger partial charge in [0.25, 0.3) is 0 Å². The van der Waals surface area contributed by atoms with Gasteiger partial charge in [0.1, 0.15) is 0 Å². The fourth-order valence-corrected chi connectivity index (χ4v) is 3.38. The van der Waals surface area contributed by atoms with E-state index < -0.39 is 9.84 Å². The third-order valence-electron chi connectivity index (χ3n) is 3.39. The minimum absolute atomic E-state index is 0.0932. The van der Waals surface area contributed by atoms with Crippen LogP contribution in [0.4, 0.5) is 0 Å². The highest BCUT2D eigenvalue weighted by Crippen LogP contribution is 2.17. The summed E-state index contributed by atoms with van der Waals surface area (Å²) in [6, 6.07) is 5.33.